The molecule has 0 heterocycles. The first-order valence-electron chi connectivity index (χ1n) is 6.35. The zero-order valence-electron chi connectivity index (χ0n) is 11.3. The Kier molecular flexibility index (Phi) is 4.99. The number of hydrogen-bond donors (Lipinski definition) is 1. The average molecular weight is 300 g/mol. The van der Waals surface area contributed by atoms with Crippen LogP contribution in [0.25, 0.3) is 0 Å². The van der Waals surface area contributed by atoms with Gasteiger partial charge >= 0.3 is 0 Å². The summed E-state index contributed by atoms with van der Waals surface area (Å²) in [5.74, 6) is 0.595. The molecule has 4 heteroatoms. The maximum atomic E-state index is 9.94. The monoisotopic (exact) mass is 299 g/mol. The number of benzene rings is 2. The molecule has 0 saturated heterocycles. The van der Waals surface area contributed by atoms with Crippen molar-refractivity contribution in [3.63, 3.8) is 0 Å². The maximum Gasteiger partial charge on any atom is 0.120 e. The van der Waals surface area contributed by atoms with Crippen LogP contribution in [0.2, 0.25) is 5.02 Å². The van der Waals surface area contributed by atoms with Gasteiger partial charge < -0.3 is 9.84 Å². The molecule has 1 atom stereocenters. The molecule has 2 aromatic rings. The van der Waals surface area contributed by atoms with Crippen LogP contribution in [0, 0.1) is 11.3 Å². The predicted molar refractivity (Wildman–Crippen MR) is 81.9 cm³/mol. The molecule has 106 valence electrons. The van der Waals surface area contributed by atoms with Crippen LogP contribution in [-0.2, 0) is 6.61 Å². The van der Waals surface area contributed by atoms with Gasteiger partial charge in [0, 0.05) is 10.6 Å². The smallest absolute Gasteiger partial charge is 0.120 e. The van der Waals surface area contributed by atoms with Crippen LogP contribution < -0.4 is 4.74 Å². The highest BCUT2D eigenvalue weighted by Gasteiger charge is 2.12. The lowest BCUT2D eigenvalue weighted by Crippen LogP contribution is -2.01. The first-order valence-corrected chi connectivity index (χ1v) is 6.72. The van der Waals surface area contributed by atoms with Gasteiger partial charge in [-0.1, -0.05) is 48.5 Å². The molecule has 2 rings (SSSR count). The van der Waals surface area contributed by atoms with E-state index < -0.39 is 6.10 Å². The maximum absolute atomic E-state index is 9.94. The third-order valence-corrected chi connectivity index (χ3v) is 3.37. The summed E-state index contributed by atoms with van der Waals surface area (Å²) in [4.78, 5) is 0. The van der Waals surface area contributed by atoms with Gasteiger partial charge in [-0.25, -0.2) is 0 Å². The van der Waals surface area contributed by atoms with Crippen molar-refractivity contribution >= 4 is 11.6 Å². The summed E-state index contributed by atoms with van der Waals surface area (Å²) < 4.78 is 5.67. The number of rotatable bonds is 5. The van der Waals surface area contributed by atoms with E-state index in [0.717, 1.165) is 5.56 Å². The molecule has 3 nitrogen and oxygen atoms in total. The van der Waals surface area contributed by atoms with Crippen molar-refractivity contribution in [3.05, 3.63) is 76.8 Å². The lowest BCUT2D eigenvalue weighted by Gasteiger charge is -2.12. The number of halogens is 1. The molecule has 0 radical (unpaired) electrons. The highest BCUT2D eigenvalue weighted by molar-refractivity contribution is 6.31. The molecule has 21 heavy (non-hydrogen) atoms. The minimum Gasteiger partial charge on any atom is -0.489 e. The summed E-state index contributed by atoms with van der Waals surface area (Å²) in [6, 6.07) is 16.2. The summed E-state index contributed by atoms with van der Waals surface area (Å²) in [6.45, 7) is 3.85. The van der Waals surface area contributed by atoms with Crippen LogP contribution in [0.3, 0.4) is 0 Å². The molecule has 0 spiro atoms. The Bertz CT molecular complexity index is 691. The average Bonchev–Trinajstić information content (AvgIpc) is 2.53. The Morgan fingerprint density at radius 3 is 2.76 bits per heavy atom. The normalized spacial score (nSPS) is 11.5. The second kappa shape index (κ2) is 6.94. The SMILES string of the molecule is C=C(C#N)C(O)c1cccc(OCc2ccccc2Cl)c1. The van der Waals surface area contributed by atoms with Crippen molar-refractivity contribution in [2.75, 3.05) is 0 Å². The Morgan fingerprint density at radius 1 is 1.29 bits per heavy atom. The minimum absolute atomic E-state index is 0.0956. The lowest BCUT2D eigenvalue weighted by molar-refractivity contribution is 0.220. The Labute approximate surface area is 128 Å². The standard InChI is InChI=1S/C17H14ClNO2/c1-12(10-19)17(20)13-6-4-7-15(9-13)21-11-14-5-2-3-8-16(14)18/h2-9,17,20H,1,11H2. The second-order valence-electron chi connectivity index (χ2n) is 4.49. The summed E-state index contributed by atoms with van der Waals surface area (Å²) in [6.07, 6.45) is -1.01. The van der Waals surface area contributed by atoms with E-state index in [1.807, 2.05) is 24.3 Å². The Balaban J connectivity index is 2.10. The first-order chi connectivity index (χ1) is 10.1. The highest BCUT2D eigenvalue weighted by atomic mass is 35.5. The minimum atomic E-state index is -1.01. The van der Waals surface area contributed by atoms with Gasteiger partial charge in [-0.3, -0.25) is 0 Å². The predicted octanol–water partition coefficient (Wildman–Crippen LogP) is 4.03. The fraction of sp³-hybridized carbons (Fsp3) is 0.118. The van der Waals surface area contributed by atoms with Gasteiger partial charge in [0.2, 0.25) is 0 Å². The van der Waals surface area contributed by atoms with Crippen molar-refractivity contribution in [2.24, 2.45) is 0 Å². The van der Waals surface area contributed by atoms with Gasteiger partial charge in [0.05, 0.1) is 11.6 Å². The number of ether oxygens (including phenoxy) is 1. The number of hydrogen-bond acceptors (Lipinski definition) is 3. The van der Waals surface area contributed by atoms with E-state index in [-0.39, 0.29) is 5.57 Å². The van der Waals surface area contributed by atoms with Crippen LogP contribution in [-0.4, -0.2) is 5.11 Å². The van der Waals surface area contributed by atoms with Crippen molar-refractivity contribution in [2.45, 2.75) is 12.7 Å². The summed E-state index contributed by atoms with van der Waals surface area (Å²) in [7, 11) is 0. The van der Waals surface area contributed by atoms with Crippen LogP contribution >= 0.6 is 11.6 Å². The molecule has 0 aliphatic carbocycles. The van der Waals surface area contributed by atoms with Gasteiger partial charge in [-0.05, 0) is 23.8 Å². The molecular formula is C17H14ClNO2. The second-order valence-corrected chi connectivity index (χ2v) is 4.90. The number of aliphatic hydroxyl groups is 1. The van der Waals surface area contributed by atoms with Gasteiger partial charge in [0.15, 0.2) is 0 Å². The van der Waals surface area contributed by atoms with Crippen LogP contribution in [0.4, 0.5) is 0 Å². The van der Waals surface area contributed by atoms with Crippen LogP contribution in [0.5, 0.6) is 5.75 Å². The third kappa shape index (κ3) is 3.85. The molecule has 2 aromatic carbocycles. The van der Waals surface area contributed by atoms with Gasteiger partial charge in [0.1, 0.15) is 18.5 Å². The van der Waals surface area contributed by atoms with Gasteiger partial charge in [-0.2, -0.15) is 5.26 Å². The summed E-state index contributed by atoms with van der Waals surface area (Å²) >= 11 is 6.06. The molecule has 1 unspecified atom stereocenters. The molecule has 0 aliphatic heterocycles. The summed E-state index contributed by atoms with van der Waals surface area (Å²) in [5.41, 5.74) is 1.54. The number of nitriles is 1. The largest absolute Gasteiger partial charge is 0.489 e. The van der Waals surface area contributed by atoms with E-state index >= 15 is 0 Å². The fourth-order valence-corrected chi connectivity index (χ4v) is 2.00. The zero-order chi connectivity index (χ0) is 15.2. The lowest BCUT2D eigenvalue weighted by atomic mass is 10.0. The number of aliphatic hydroxyl groups excluding tert-OH is 1. The molecule has 0 amide bonds. The molecule has 0 fully saturated rings. The van der Waals surface area contributed by atoms with Gasteiger partial charge in [0.25, 0.3) is 0 Å². The van der Waals surface area contributed by atoms with E-state index in [9.17, 15) is 5.11 Å². The van der Waals surface area contributed by atoms with E-state index in [2.05, 4.69) is 6.58 Å². The third-order valence-electron chi connectivity index (χ3n) is 3.00. The molecule has 0 aliphatic rings. The highest BCUT2D eigenvalue weighted by Crippen LogP contribution is 2.25. The van der Waals surface area contributed by atoms with Crippen LogP contribution in [0.1, 0.15) is 17.2 Å². The van der Waals surface area contributed by atoms with E-state index in [4.69, 9.17) is 21.6 Å². The van der Waals surface area contributed by atoms with Crippen molar-refractivity contribution in [1.82, 2.24) is 0 Å². The number of nitrogens with zero attached hydrogens (tertiary/aromatic N) is 1. The molecule has 0 aromatic heterocycles. The molecule has 0 bridgehead atoms. The van der Waals surface area contributed by atoms with Crippen molar-refractivity contribution in [1.29, 1.82) is 5.26 Å². The molecular weight excluding hydrogens is 286 g/mol. The fourth-order valence-electron chi connectivity index (χ4n) is 1.81. The van der Waals surface area contributed by atoms with Crippen molar-refractivity contribution in [3.8, 4) is 11.8 Å². The molecule has 1 N–H and O–H groups in total. The van der Waals surface area contributed by atoms with E-state index in [1.165, 1.54) is 0 Å². The van der Waals surface area contributed by atoms with Crippen molar-refractivity contribution < 1.29 is 9.84 Å². The van der Waals surface area contributed by atoms with Crippen LogP contribution in [0.15, 0.2) is 60.7 Å². The zero-order valence-corrected chi connectivity index (χ0v) is 12.0. The summed E-state index contributed by atoms with van der Waals surface area (Å²) in [5, 5.41) is 19.4. The quantitative estimate of drug-likeness (QED) is 0.848. The molecule has 0 saturated carbocycles. The van der Waals surface area contributed by atoms with E-state index in [1.54, 1.807) is 30.3 Å². The Morgan fingerprint density at radius 2 is 2.05 bits per heavy atom. The first kappa shape index (κ1) is 15.1. The topological polar surface area (TPSA) is 53.2 Å². The van der Waals surface area contributed by atoms with E-state index in [0.29, 0.717) is 22.9 Å². The Hall–Kier alpha value is -2.28. The van der Waals surface area contributed by atoms with Gasteiger partial charge in [-0.15, -0.1) is 0 Å².